The van der Waals surface area contributed by atoms with E-state index in [2.05, 4.69) is 22.1 Å². The SMILES string of the molecule is C/C=C\C(=C/C)Cc1ncc2c(n1)CCN(C(=O)OC(C)(C)C)C2. The Morgan fingerprint density at radius 3 is 2.75 bits per heavy atom. The Hall–Kier alpha value is -2.17. The third-order valence-corrected chi connectivity index (χ3v) is 3.75. The zero-order valence-electron chi connectivity index (χ0n) is 15.3. The van der Waals surface area contributed by atoms with Gasteiger partial charge in [0.2, 0.25) is 0 Å². The third kappa shape index (κ3) is 4.91. The number of carbonyl (C=O) groups is 1. The molecule has 0 saturated carbocycles. The molecule has 130 valence electrons. The molecule has 1 aliphatic heterocycles. The second-order valence-corrected chi connectivity index (χ2v) is 6.95. The van der Waals surface area contributed by atoms with Gasteiger partial charge >= 0.3 is 6.09 Å². The minimum absolute atomic E-state index is 0.276. The highest BCUT2D eigenvalue weighted by molar-refractivity contribution is 5.68. The van der Waals surface area contributed by atoms with E-state index < -0.39 is 5.60 Å². The highest BCUT2D eigenvalue weighted by atomic mass is 16.6. The molecule has 0 saturated heterocycles. The maximum Gasteiger partial charge on any atom is 0.410 e. The molecular weight excluding hydrogens is 302 g/mol. The van der Waals surface area contributed by atoms with Crippen LogP contribution in [0.15, 0.2) is 30.0 Å². The molecule has 0 N–H and O–H groups in total. The summed E-state index contributed by atoms with van der Waals surface area (Å²) in [5.41, 5.74) is 2.76. The number of allylic oxidation sites excluding steroid dienone is 4. The van der Waals surface area contributed by atoms with Crippen LogP contribution in [-0.4, -0.2) is 33.1 Å². The van der Waals surface area contributed by atoms with Crippen molar-refractivity contribution in [1.29, 1.82) is 0 Å². The third-order valence-electron chi connectivity index (χ3n) is 3.75. The fourth-order valence-corrected chi connectivity index (χ4v) is 2.58. The van der Waals surface area contributed by atoms with Gasteiger partial charge in [0.05, 0.1) is 12.2 Å². The van der Waals surface area contributed by atoms with Crippen LogP contribution in [0, 0.1) is 0 Å². The lowest BCUT2D eigenvalue weighted by Gasteiger charge is -2.30. The van der Waals surface area contributed by atoms with Gasteiger partial charge in [-0.2, -0.15) is 0 Å². The number of amides is 1. The fraction of sp³-hybridized carbons (Fsp3) is 0.526. The average molecular weight is 329 g/mol. The summed E-state index contributed by atoms with van der Waals surface area (Å²) in [7, 11) is 0. The van der Waals surface area contributed by atoms with Crippen molar-refractivity contribution in [2.75, 3.05) is 6.54 Å². The molecule has 2 heterocycles. The van der Waals surface area contributed by atoms with Crippen LogP contribution in [0.1, 0.15) is 51.7 Å². The first-order valence-electron chi connectivity index (χ1n) is 8.42. The van der Waals surface area contributed by atoms with Gasteiger partial charge in [-0.3, -0.25) is 0 Å². The number of fused-ring (bicyclic) bond motifs is 1. The van der Waals surface area contributed by atoms with Crippen LogP contribution in [0.4, 0.5) is 4.79 Å². The molecule has 0 bridgehead atoms. The van der Waals surface area contributed by atoms with Gasteiger partial charge < -0.3 is 9.64 Å². The number of hydrogen-bond donors (Lipinski definition) is 0. The summed E-state index contributed by atoms with van der Waals surface area (Å²) in [6.07, 6.45) is 9.20. The Bertz CT molecular complexity index is 657. The summed E-state index contributed by atoms with van der Waals surface area (Å²) >= 11 is 0. The van der Waals surface area contributed by atoms with Gasteiger partial charge in [0.15, 0.2) is 0 Å². The predicted octanol–water partition coefficient (Wildman–Crippen LogP) is 3.83. The first-order chi connectivity index (χ1) is 11.3. The van der Waals surface area contributed by atoms with Crippen LogP contribution in [0.25, 0.3) is 0 Å². The Kier molecular flexibility index (Phi) is 5.75. The molecule has 2 rings (SSSR count). The number of hydrogen-bond acceptors (Lipinski definition) is 4. The molecular formula is C19H27N3O2. The number of ether oxygens (including phenoxy) is 1. The maximum atomic E-state index is 12.2. The van der Waals surface area contributed by atoms with E-state index in [0.29, 0.717) is 13.1 Å². The van der Waals surface area contributed by atoms with E-state index in [-0.39, 0.29) is 6.09 Å². The van der Waals surface area contributed by atoms with Crippen molar-refractivity contribution in [1.82, 2.24) is 14.9 Å². The van der Waals surface area contributed by atoms with Crippen molar-refractivity contribution in [2.45, 2.75) is 59.6 Å². The monoisotopic (exact) mass is 329 g/mol. The van der Waals surface area contributed by atoms with Gasteiger partial charge in [0, 0.05) is 31.1 Å². The number of rotatable bonds is 3. The number of carbonyl (C=O) groups excluding carboxylic acids is 1. The average Bonchev–Trinajstić information content (AvgIpc) is 2.52. The molecule has 5 heteroatoms. The lowest BCUT2D eigenvalue weighted by atomic mass is 10.1. The minimum Gasteiger partial charge on any atom is -0.444 e. The lowest BCUT2D eigenvalue weighted by molar-refractivity contribution is 0.0222. The second-order valence-electron chi connectivity index (χ2n) is 6.95. The molecule has 0 radical (unpaired) electrons. The molecule has 0 fully saturated rings. The summed E-state index contributed by atoms with van der Waals surface area (Å²) in [5.74, 6) is 0.825. The first-order valence-corrected chi connectivity index (χ1v) is 8.42. The van der Waals surface area contributed by atoms with Crippen LogP contribution in [0.5, 0.6) is 0 Å². The summed E-state index contributed by atoms with van der Waals surface area (Å²) in [4.78, 5) is 23.1. The van der Waals surface area contributed by atoms with Crippen LogP contribution < -0.4 is 0 Å². The normalized spacial score (nSPS) is 15.5. The summed E-state index contributed by atoms with van der Waals surface area (Å²) in [6.45, 7) is 10.8. The molecule has 1 aromatic rings. The van der Waals surface area contributed by atoms with Crippen LogP contribution in [0.3, 0.4) is 0 Å². The van der Waals surface area contributed by atoms with E-state index in [1.54, 1.807) is 4.90 Å². The lowest BCUT2D eigenvalue weighted by Crippen LogP contribution is -2.40. The van der Waals surface area contributed by atoms with Crippen molar-refractivity contribution in [2.24, 2.45) is 0 Å². The van der Waals surface area contributed by atoms with Crippen molar-refractivity contribution in [3.63, 3.8) is 0 Å². The number of aromatic nitrogens is 2. The quantitative estimate of drug-likeness (QED) is 0.791. The molecule has 0 unspecified atom stereocenters. The van der Waals surface area contributed by atoms with Crippen LogP contribution >= 0.6 is 0 Å². The van der Waals surface area contributed by atoms with E-state index in [1.165, 1.54) is 5.57 Å². The number of nitrogens with zero attached hydrogens (tertiary/aromatic N) is 3. The van der Waals surface area contributed by atoms with Crippen molar-refractivity contribution in [3.8, 4) is 0 Å². The van der Waals surface area contributed by atoms with Gasteiger partial charge in [-0.1, -0.05) is 18.2 Å². The summed E-state index contributed by atoms with van der Waals surface area (Å²) < 4.78 is 5.44. The molecule has 0 spiro atoms. The zero-order chi connectivity index (χ0) is 17.7. The molecule has 0 aromatic carbocycles. The largest absolute Gasteiger partial charge is 0.444 e. The molecule has 24 heavy (non-hydrogen) atoms. The van der Waals surface area contributed by atoms with Gasteiger partial charge in [0.1, 0.15) is 11.4 Å². The van der Waals surface area contributed by atoms with Gasteiger partial charge in [-0.25, -0.2) is 14.8 Å². The van der Waals surface area contributed by atoms with E-state index in [0.717, 1.165) is 29.9 Å². The molecule has 0 aliphatic carbocycles. The Labute approximate surface area is 144 Å². The summed E-state index contributed by atoms with van der Waals surface area (Å²) in [6, 6.07) is 0. The molecule has 5 nitrogen and oxygen atoms in total. The highest BCUT2D eigenvalue weighted by Crippen LogP contribution is 2.20. The highest BCUT2D eigenvalue weighted by Gasteiger charge is 2.26. The molecule has 0 atom stereocenters. The fourth-order valence-electron chi connectivity index (χ4n) is 2.58. The van der Waals surface area contributed by atoms with Gasteiger partial charge in [-0.05, 0) is 40.2 Å². The van der Waals surface area contributed by atoms with Crippen LogP contribution in [0.2, 0.25) is 0 Å². The zero-order valence-corrected chi connectivity index (χ0v) is 15.3. The topological polar surface area (TPSA) is 55.3 Å². The molecule has 1 amide bonds. The van der Waals surface area contributed by atoms with E-state index >= 15 is 0 Å². The Morgan fingerprint density at radius 1 is 1.38 bits per heavy atom. The first kappa shape index (κ1) is 18.2. The standard InChI is InChI=1S/C19H27N3O2/c1-6-8-14(7-2)11-17-20-12-15-13-22(10-9-16(15)21-17)18(23)24-19(3,4)5/h6-8,12H,9-11,13H2,1-5H3/b8-6-,14-7+. The second kappa shape index (κ2) is 7.60. The Morgan fingerprint density at radius 2 is 2.12 bits per heavy atom. The predicted molar refractivity (Wildman–Crippen MR) is 94.7 cm³/mol. The van der Waals surface area contributed by atoms with Crippen molar-refractivity contribution >= 4 is 6.09 Å². The molecule has 1 aromatic heterocycles. The van der Waals surface area contributed by atoms with Crippen molar-refractivity contribution in [3.05, 3.63) is 47.1 Å². The molecule has 1 aliphatic rings. The van der Waals surface area contributed by atoms with Gasteiger partial charge in [-0.15, -0.1) is 0 Å². The minimum atomic E-state index is -0.479. The summed E-state index contributed by atoms with van der Waals surface area (Å²) in [5, 5.41) is 0. The van der Waals surface area contributed by atoms with E-state index in [9.17, 15) is 4.79 Å². The van der Waals surface area contributed by atoms with E-state index in [4.69, 9.17) is 4.74 Å². The van der Waals surface area contributed by atoms with Crippen LogP contribution in [-0.2, 0) is 24.1 Å². The Balaban J connectivity index is 2.08. The maximum absolute atomic E-state index is 12.2. The smallest absolute Gasteiger partial charge is 0.410 e. The van der Waals surface area contributed by atoms with Gasteiger partial charge in [0.25, 0.3) is 0 Å². The van der Waals surface area contributed by atoms with E-state index in [1.807, 2.05) is 46.9 Å². The van der Waals surface area contributed by atoms with Crippen molar-refractivity contribution < 1.29 is 9.53 Å².